The molecule has 2 rings (SSSR count). The quantitative estimate of drug-likeness (QED) is 0.252. The van der Waals surface area contributed by atoms with Gasteiger partial charge in [0.05, 0.1) is 19.2 Å². The molecule has 0 fully saturated rings. The molecule has 0 spiro atoms. The average molecular weight is 413 g/mol. The molecule has 2 aromatic carbocycles. The van der Waals surface area contributed by atoms with Crippen molar-refractivity contribution < 1.29 is 19.0 Å². The van der Waals surface area contributed by atoms with Gasteiger partial charge in [0.15, 0.2) is 0 Å². The normalized spacial score (nSPS) is 10.8. The Morgan fingerprint density at radius 1 is 1.12 bits per heavy atom. The van der Waals surface area contributed by atoms with Crippen molar-refractivity contribution in [3.63, 3.8) is 0 Å². The zero-order chi connectivity index (χ0) is 18.9. The summed E-state index contributed by atoms with van der Waals surface area (Å²) in [7, 11) is 3.14. The third kappa shape index (κ3) is 6.16. The predicted molar refractivity (Wildman–Crippen MR) is 107 cm³/mol. The lowest BCUT2D eigenvalue weighted by atomic mass is 10.2. The van der Waals surface area contributed by atoms with E-state index in [1.165, 1.54) is 17.8 Å². The summed E-state index contributed by atoms with van der Waals surface area (Å²) in [6, 6.07) is 10.6. The number of hydrogen-bond donors (Lipinski definition) is 0. The molecule has 0 amide bonds. The standard InChI is InChI=1S/C19H18Cl2O4S/c1-23-15-6-3-13(17(12-15)24-2)4-8-19(22)25-9-10-26-18-11-14(20)5-7-16(18)21/h3-8,11-12H,9-10H2,1-2H3/b8-4+. The fraction of sp³-hybridized carbons (Fsp3) is 0.211. The lowest BCUT2D eigenvalue weighted by Gasteiger charge is -2.07. The number of esters is 1. The van der Waals surface area contributed by atoms with Gasteiger partial charge in [0.25, 0.3) is 0 Å². The lowest BCUT2D eigenvalue weighted by Crippen LogP contribution is -2.04. The van der Waals surface area contributed by atoms with Crippen LogP contribution in [0.2, 0.25) is 10.0 Å². The Morgan fingerprint density at radius 2 is 1.92 bits per heavy atom. The van der Waals surface area contributed by atoms with Gasteiger partial charge in [-0.15, -0.1) is 11.8 Å². The highest BCUT2D eigenvalue weighted by atomic mass is 35.5. The molecule has 0 saturated heterocycles. The van der Waals surface area contributed by atoms with Crippen molar-refractivity contribution in [2.75, 3.05) is 26.6 Å². The van der Waals surface area contributed by atoms with Crippen LogP contribution in [0.15, 0.2) is 47.4 Å². The fourth-order valence-electron chi connectivity index (χ4n) is 2.04. The molecule has 0 atom stereocenters. The van der Waals surface area contributed by atoms with Crippen LogP contribution in [-0.2, 0) is 9.53 Å². The van der Waals surface area contributed by atoms with E-state index in [0.29, 0.717) is 27.3 Å². The molecule has 138 valence electrons. The summed E-state index contributed by atoms with van der Waals surface area (Å²) in [5.41, 5.74) is 0.755. The Kier molecular flexibility index (Phi) is 8.16. The van der Waals surface area contributed by atoms with Crippen LogP contribution in [-0.4, -0.2) is 32.5 Å². The summed E-state index contributed by atoms with van der Waals surface area (Å²) in [4.78, 5) is 12.7. The van der Waals surface area contributed by atoms with E-state index in [9.17, 15) is 4.79 Å². The van der Waals surface area contributed by atoms with Crippen LogP contribution in [0.1, 0.15) is 5.56 Å². The molecule has 0 heterocycles. The largest absolute Gasteiger partial charge is 0.497 e. The number of ether oxygens (including phenoxy) is 3. The van der Waals surface area contributed by atoms with E-state index < -0.39 is 5.97 Å². The third-order valence-electron chi connectivity index (χ3n) is 3.32. The van der Waals surface area contributed by atoms with Crippen molar-refractivity contribution in [2.45, 2.75) is 4.90 Å². The minimum absolute atomic E-state index is 0.260. The topological polar surface area (TPSA) is 44.8 Å². The van der Waals surface area contributed by atoms with Crippen LogP contribution in [0.3, 0.4) is 0 Å². The van der Waals surface area contributed by atoms with E-state index in [1.54, 1.807) is 56.7 Å². The maximum absolute atomic E-state index is 11.8. The number of benzene rings is 2. The number of halogens is 2. The first kappa shape index (κ1) is 20.5. The zero-order valence-electron chi connectivity index (χ0n) is 14.3. The molecule has 0 aliphatic carbocycles. The summed E-state index contributed by atoms with van der Waals surface area (Å²) < 4.78 is 15.6. The molecule has 0 aliphatic heterocycles. The number of thioether (sulfide) groups is 1. The van der Waals surface area contributed by atoms with Crippen LogP contribution in [0, 0.1) is 0 Å². The molecular weight excluding hydrogens is 395 g/mol. The molecule has 4 nitrogen and oxygen atoms in total. The number of carbonyl (C=O) groups excluding carboxylic acids is 1. The second-order valence-corrected chi connectivity index (χ2v) is 7.01. The molecule has 0 radical (unpaired) electrons. The minimum atomic E-state index is -0.430. The van der Waals surface area contributed by atoms with Crippen LogP contribution >= 0.6 is 35.0 Å². The van der Waals surface area contributed by atoms with Crippen molar-refractivity contribution in [1.29, 1.82) is 0 Å². The van der Waals surface area contributed by atoms with Crippen molar-refractivity contribution in [3.8, 4) is 11.5 Å². The molecule has 7 heteroatoms. The highest BCUT2D eigenvalue weighted by Crippen LogP contribution is 2.29. The SMILES string of the molecule is COc1ccc(/C=C/C(=O)OCCSc2cc(Cl)ccc2Cl)c(OC)c1. The zero-order valence-corrected chi connectivity index (χ0v) is 16.7. The van der Waals surface area contributed by atoms with Crippen LogP contribution in [0.25, 0.3) is 6.08 Å². The molecule has 0 aliphatic rings. The Morgan fingerprint density at radius 3 is 2.65 bits per heavy atom. The Balaban J connectivity index is 1.83. The van der Waals surface area contributed by atoms with Crippen LogP contribution in [0.5, 0.6) is 11.5 Å². The van der Waals surface area contributed by atoms with Gasteiger partial charge in [0.1, 0.15) is 18.1 Å². The van der Waals surface area contributed by atoms with E-state index in [4.69, 9.17) is 37.4 Å². The van der Waals surface area contributed by atoms with Gasteiger partial charge in [-0.2, -0.15) is 0 Å². The fourth-order valence-corrected chi connectivity index (χ4v) is 3.36. The van der Waals surface area contributed by atoms with E-state index >= 15 is 0 Å². The van der Waals surface area contributed by atoms with Crippen LogP contribution < -0.4 is 9.47 Å². The van der Waals surface area contributed by atoms with Gasteiger partial charge >= 0.3 is 5.97 Å². The van der Waals surface area contributed by atoms with Gasteiger partial charge in [-0.25, -0.2) is 4.79 Å². The van der Waals surface area contributed by atoms with Gasteiger partial charge in [0.2, 0.25) is 0 Å². The summed E-state index contributed by atoms with van der Waals surface area (Å²) in [6.45, 7) is 0.260. The molecule has 26 heavy (non-hydrogen) atoms. The number of rotatable bonds is 8. The predicted octanol–water partition coefficient (Wildman–Crippen LogP) is 5.36. The van der Waals surface area contributed by atoms with Gasteiger partial charge < -0.3 is 14.2 Å². The van der Waals surface area contributed by atoms with Crippen molar-refractivity contribution >= 4 is 47.0 Å². The molecule has 2 aromatic rings. The number of hydrogen-bond acceptors (Lipinski definition) is 5. The van der Waals surface area contributed by atoms with Crippen LogP contribution in [0.4, 0.5) is 0 Å². The maximum Gasteiger partial charge on any atom is 0.330 e. The van der Waals surface area contributed by atoms with E-state index in [-0.39, 0.29) is 6.61 Å². The smallest absolute Gasteiger partial charge is 0.330 e. The third-order valence-corrected chi connectivity index (χ3v) is 5.01. The van der Waals surface area contributed by atoms with Crippen molar-refractivity contribution in [2.24, 2.45) is 0 Å². The molecule has 0 saturated carbocycles. The van der Waals surface area contributed by atoms with Crippen molar-refractivity contribution in [3.05, 3.63) is 58.1 Å². The molecule has 0 aromatic heterocycles. The first-order chi connectivity index (χ1) is 12.5. The highest BCUT2D eigenvalue weighted by molar-refractivity contribution is 7.99. The van der Waals surface area contributed by atoms with Gasteiger partial charge in [-0.05, 0) is 36.4 Å². The second kappa shape index (κ2) is 10.4. The molecular formula is C19H18Cl2O4S. The summed E-state index contributed by atoms with van der Waals surface area (Å²) in [5, 5.41) is 1.24. The molecule has 0 N–H and O–H groups in total. The molecule has 0 unspecified atom stereocenters. The molecule has 0 bridgehead atoms. The monoisotopic (exact) mass is 412 g/mol. The average Bonchev–Trinajstić information content (AvgIpc) is 2.65. The van der Waals surface area contributed by atoms with E-state index in [1.807, 2.05) is 0 Å². The van der Waals surface area contributed by atoms with Gasteiger partial charge in [-0.3, -0.25) is 0 Å². The number of methoxy groups -OCH3 is 2. The lowest BCUT2D eigenvalue weighted by molar-refractivity contribution is -0.137. The minimum Gasteiger partial charge on any atom is -0.497 e. The first-order valence-corrected chi connectivity index (χ1v) is 9.42. The Bertz CT molecular complexity index is 793. The Labute approximate surface area is 167 Å². The summed E-state index contributed by atoms with van der Waals surface area (Å²) >= 11 is 13.5. The Hall–Kier alpha value is -1.82. The number of carbonyl (C=O) groups is 1. The maximum atomic E-state index is 11.8. The van der Waals surface area contributed by atoms with Gasteiger partial charge in [0, 0.05) is 33.4 Å². The first-order valence-electron chi connectivity index (χ1n) is 7.68. The van der Waals surface area contributed by atoms with Gasteiger partial charge in [-0.1, -0.05) is 23.2 Å². The van der Waals surface area contributed by atoms with E-state index in [0.717, 1.165) is 10.5 Å². The summed E-state index contributed by atoms with van der Waals surface area (Å²) in [6.07, 6.45) is 3.00. The van der Waals surface area contributed by atoms with Crippen molar-refractivity contribution in [1.82, 2.24) is 0 Å². The second-order valence-electron chi connectivity index (χ2n) is 5.03. The van der Waals surface area contributed by atoms with E-state index in [2.05, 4.69) is 0 Å². The summed E-state index contributed by atoms with van der Waals surface area (Å²) in [5.74, 6) is 1.43. The highest BCUT2D eigenvalue weighted by Gasteiger charge is 2.05.